The van der Waals surface area contributed by atoms with Gasteiger partial charge < -0.3 is 15.1 Å². The van der Waals surface area contributed by atoms with Crippen molar-refractivity contribution in [2.75, 3.05) is 10.6 Å². The largest absolute Gasteiger partial charge is 0.467 e. The quantitative estimate of drug-likeness (QED) is 0.751. The van der Waals surface area contributed by atoms with E-state index in [1.165, 1.54) is 0 Å². The summed E-state index contributed by atoms with van der Waals surface area (Å²) >= 11 is 0. The monoisotopic (exact) mass is 322 g/mol. The lowest BCUT2D eigenvalue weighted by Crippen LogP contribution is -2.16. The maximum Gasteiger partial charge on any atom is 0.276 e. The maximum absolute atomic E-state index is 12.3. The first-order valence-corrected chi connectivity index (χ1v) is 7.61. The van der Waals surface area contributed by atoms with Crippen LogP contribution in [0.2, 0.25) is 0 Å². The Bertz CT molecular complexity index is 806. The van der Waals surface area contributed by atoms with Gasteiger partial charge in [-0.3, -0.25) is 4.79 Å². The average molecular weight is 322 g/mol. The Morgan fingerprint density at radius 1 is 1.04 bits per heavy atom. The van der Waals surface area contributed by atoms with Gasteiger partial charge in [0.05, 0.1) is 12.8 Å². The van der Waals surface area contributed by atoms with Gasteiger partial charge in [-0.1, -0.05) is 18.2 Å². The zero-order chi connectivity index (χ0) is 16.9. The van der Waals surface area contributed by atoms with Gasteiger partial charge in [-0.2, -0.15) is 0 Å². The fourth-order valence-corrected chi connectivity index (χ4v) is 2.33. The van der Waals surface area contributed by atoms with Crippen molar-refractivity contribution in [2.24, 2.45) is 0 Å². The average Bonchev–Trinajstić information content (AvgIpc) is 3.10. The predicted molar refractivity (Wildman–Crippen MR) is 91.9 cm³/mol. The first-order valence-electron chi connectivity index (χ1n) is 7.61. The molecule has 24 heavy (non-hydrogen) atoms. The first kappa shape index (κ1) is 15.7. The molecular weight excluding hydrogens is 304 g/mol. The van der Waals surface area contributed by atoms with E-state index in [9.17, 15) is 4.79 Å². The molecule has 0 fully saturated rings. The van der Waals surface area contributed by atoms with Crippen molar-refractivity contribution in [2.45, 2.75) is 20.4 Å². The van der Waals surface area contributed by atoms with Crippen LogP contribution in [-0.4, -0.2) is 16.1 Å². The minimum Gasteiger partial charge on any atom is -0.467 e. The van der Waals surface area contributed by atoms with Crippen LogP contribution in [0.4, 0.5) is 11.5 Å². The topological polar surface area (TPSA) is 80.0 Å². The van der Waals surface area contributed by atoms with Gasteiger partial charge in [-0.25, -0.2) is 0 Å². The summed E-state index contributed by atoms with van der Waals surface area (Å²) in [5, 5.41) is 14.0. The summed E-state index contributed by atoms with van der Waals surface area (Å²) in [5.41, 5.74) is 3.09. The molecule has 2 heterocycles. The summed E-state index contributed by atoms with van der Waals surface area (Å²) in [5.74, 6) is 1.10. The molecule has 0 aliphatic heterocycles. The van der Waals surface area contributed by atoms with Crippen LogP contribution in [0.5, 0.6) is 0 Å². The summed E-state index contributed by atoms with van der Waals surface area (Å²) in [6, 6.07) is 12.9. The van der Waals surface area contributed by atoms with E-state index in [0.717, 1.165) is 22.6 Å². The van der Waals surface area contributed by atoms with Gasteiger partial charge in [-0.15, -0.1) is 10.2 Å². The van der Waals surface area contributed by atoms with Crippen LogP contribution in [0.15, 0.2) is 53.1 Å². The Labute approximate surface area is 139 Å². The van der Waals surface area contributed by atoms with Crippen molar-refractivity contribution in [3.05, 3.63) is 71.3 Å². The van der Waals surface area contributed by atoms with E-state index >= 15 is 0 Å². The number of carbonyl (C=O) groups is 1. The second-order valence-electron chi connectivity index (χ2n) is 5.46. The van der Waals surface area contributed by atoms with Crippen molar-refractivity contribution in [3.63, 3.8) is 0 Å². The molecule has 3 aromatic rings. The number of anilines is 2. The van der Waals surface area contributed by atoms with Crippen molar-refractivity contribution < 1.29 is 9.21 Å². The molecule has 0 atom stereocenters. The van der Waals surface area contributed by atoms with Crippen LogP contribution in [0.1, 0.15) is 27.4 Å². The van der Waals surface area contributed by atoms with Gasteiger partial charge in [0.25, 0.3) is 5.91 Å². The molecule has 2 N–H and O–H groups in total. The minimum atomic E-state index is -0.280. The van der Waals surface area contributed by atoms with Crippen LogP contribution >= 0.6 is 0 Å². The molecule has 3 rings (SSSR count). The first-order chi connectivity index (χ1) is 11.6. The Morgan fingerprint density at radius 3 is 2.46 bits per heavy atom. The second kappa shape index (κ2) is 6.95. The molecule has 122 valence electrons. The van der Waals surface area contributed by atoms with Crippen molar-refractivity contribution >= 4 is 17.4 Å². The van der Waals surface area contributed by atoms with Gasteiger partial charge >= 0.3 is 0 Å². The molecule has 1 aromatic carbocycles. The number of aryl methyl sites for hydroxylation is 2. The summed E-state index contributed by atoms with van der Waals surface area (Å²) in [4.78, 5) is 12.3. The number of nitrogens with zero attached hydrogens (tertiary/aromatic N) is 2. The molecule has 0 aliphatic rings. The van der Waals surface area contributed by atoms with E-state index in [1.54, 1.807) is 18.4 Å². The fraction of sp³-hybridized carbons (Fsp3) is 0.167. The van der Waals surface area contributed by atoms with Gasteiger partial charge in [0.1, 0.15) is 11.6 Å². The number of hydrogen-bond acceptors (Lipinski definition) is 5. The van der Waals surface area contributed by atoms with Crippen LogP contribution < -0.4 is 10.6 Å². The van der Waals surface area contributed by atoms with E-state index in [1.807, 2.05) is 44.2 Å². The smallest absolute Gasteiger partial charge is 0.276 e. The van der Waals surface area contributed by atoms with Gasteiger partial charge in [0.15, 0.2) is 5.69 Å². The number of para-hydroxylation sites is 1. The number of aromatic nitrogens is 2. The molecule has 6 heteroatoms. The van der Waals surface area contributed by atoms with E-state index in [-0.39, 0.29) is 11.6 Å². The maximum atomic E-state index is 12.3. The number of carbonyl (C=O) groups excluding carboxylic acids is 1. The highest BCUT2D eigenvalue weighted by atomic mass is 16.3. The molecular formula is C18H18N4O2. The highest BCUT2D eigenvalue weighted by Crippen LogP contribution is 2.20. The molecule has 1 amide bonds. The zero-order valence-corrected chi connectivity index (χ0v) is 13.5. The van der Waals surface area contributed by atoms with E-state index in [4.69, 9.17) is 4.42 Å². The molecule has 0 unspecified atom stereocenters. The normalized spacial score (nSPS) is 10.4. The summed E-state index contributed by atoms with van der Waals surface area (Å²) in [7, 11) is 0. The van der Waals surface area contributed by atoms with Gasteiger partial charge in [0, 0.05) is 5.69 Å². The minimum absolute atomic E-state index is 0.265. The summed E-state index contributed by atoms with van der Waals surface area (Å²) < 4.78 is 5.23. The summed E-state index contributed by atoms with van der Waals surface area (Å²) in [6.07, 6.45) is 1.61. The molecule has 0 saturated carbocycles. The Morgan fingerprint density at radius 2 is 1.83 bits per heavy atom. The molecule has 6 nitrogen and oxygen atoms in total. The highest BCUT2D eigenvalue weighted by molar-refractivity contribution is 6.03. The van der Waals surface area contributed by atoms with Crippen LogP contribution in [0.25, 0.3) is 0 Å². The third kappa shape index (κ3) is 3.60. The van der Waals surface area contributed by atoms with Crippen molar-refractivity contribution in [1.29, 1.82) is 0 Å². The third-order valence-corrected chi connectivity index (χ3v) is 3.64. The van der Waals surface area contributed by atoms with Crippen molar-refractivity contribution in [3.8, 4) is 0 Å². The second-order valence-corrected chi connectivity index (χ2v) is 5.46. The van der Waals surface area contributed by atoms with Gasteiger partial charge in [0.2, 0.25) is 0 Å². The van der Waals surface area contributed by atoms with Crippen LogP contribution in [0.3, 0.4) is 0 Å². The van der Waals surface area contributed by atoms with E-state index in [0.29, 0.717) is 12.4 Å². The number of amides is 1. The highest BCUT2D eigenvalue weighted by Gasteiger charge is 2.11. The number of rotatable bonds is 5. The van der Waals surface area contributed by atoms with Crippen molar-refractivity contribution in [1.82, 2.24) is 10.2 Å². The Balaban J connectivity index is 1.65. The fourth-order valence-electron chi connectivity index (χ4n) is 2.33. The summed E-state index contributed by atoms with van der Waals surface area (Å²) in [6.45, 7) is 4.42. The molecule has 2 aromatic heterocycles. The SMILES string of the molecule is Cc1cccc(C)c1NC(=O)c1ccc(NCc2ccco2)nn1. The molecule has 0 bridgehead atoms. The number of nitrogens with one attached hydrogen (secondary N) is 2. The molecule has 0 radical (unpaired) electrons. The molecule has 0 aliphatic carbocycles. The number of hydrogen-bond donors (Lipinski definition) is 2. The Kier molecular flexibility index (Phi) is 4.56. The third-order valence-electron chi connectivity index (χ3n) is 3.64. The predicted octanol–water partition coefficient (Wildman–Crippen LogP) is 3.55. The van der Waals surface area contributed by atoms with E-state index in [2.05, 4.69) is 20.8 Å². The number of benzene rings is 1. The van der Waals surface area contributed by atoms with E-state index < -0.39 is 0 Å². The molecule has 0 saturated heterocycles. The zero-order valence-electron chi connectivity index (χ0n) is 13.5. The Hall–Kier alpha value is -3.15. The lowest BCUT2D eigenvalue weighted by atomic mass is 10.1. The number of furan rings is 1. The van der Waals surface area contributed by atoms with Gasteiger partial charge in [-0.05, 0) is 49.2 Å². The lowest BCUT2D eigenvalue weighted by molar-refractivity contribution is 0.102. The lowest BCUT2D eigenvalue weighted by Gasteiger charge is -2.11. The standard InChI is InChI=1S/C18H18N4O2/c1-12-5-3-6-13(2)17(12)20-18(23)15-8-9-16(22-21-15)19-11-14-7-4-10-24-14/h3-10H,11H2,1-2H3,(H,19,22)(H,20,23). The van der Waals surface area contributed by atoms with Crippen LogP contribution in [0, 0.1) is 13.8 Å². The molecule has 0 spiro atoms. The van der Waals surface area contributed by atoms with Crippen LogP contribution in [-0.2, 0) is 6.54 Å².